The Hall–Kier alpha value is -4.67. The maximum Gasteiger partial charge on any atom is 0.330 e. The van der Waals surface area contributed by atoms with Gasteiger partial charge in [0.1, 0.15) is 37.1 Å². The molecule has 0 bridgehead atoms. The van der Waals surface area contributed by atoms with E-state index < -0.39 is 42.8 Å². The van der Waals surface area contributed by atoms with Gasteiger partial charge in [-0.05, 0) is 88.4 Å². The minimum Gasteiger partial charge on any atom is -0.497 e. The zero-order chi connectivity index (χ0) is 43.7. The Kier molecular flexibility index (Phi) is 15.4. The van der Waals surface area contributed by atoms with E-state index in [0.717, 1.165) is 48.8 Å². The van der Waals surface area contributed by atoms with Gasteiger partial charge in [-0.25, -0.2) is 4.79 Å². The van der Waals surface area contributed by atoms with Crippen molar-refractivity contribution < 1.29 is 28.3 Å². The van der Waals surface area contributed by atoms with Crippen LogP contribution in [0.5, 0.6) is 11.5 Å². The van der Waals surface area contributed by atoms with E-state index in [4.69, 9.17) is 23.5 Å². The molecule has 0 spiro atoms. The number of ether oxygens (including phenoxy) is 4. The van der Waals surface area contributed by atoms with Crippen LogP contribution in [0.4, 0.5) is 0 Å². The highest BCUT2D eigenvalue weighted by molar-refractivity contribution is 7.51. The van der Waals surface area contributed by atoms with Gasteiger partial charge >= 0.3 is 5.69 Å². The monoisotopic (exact) mass is 853 g/mol. The Bertz CT molecular complexity index is 2160. The lowest BCUT2D eigenvalue weighted by Gasteiger charge is -2.51. The molecule has 1 N–H and O–H groups in total. The summed E-state index contributed by atoms with van der Waals surface area (Å²) >= 11 is 0. The van der Waals surface area contributed by atoms with E-state index >= 15 is 0 Å². The number of aromatic amines is 1. The van der Waals surface area contributed by atoms with Crippen molar-refractivity contribution in [2.45, 2.75) is 102 Å². The summed E-state index contributed by atoms with van der Waals surface area (Å²) in [6.07, 6.45) is 5.91. The molecular formula is C47H60N5O8P. The average Bonchev–Trinajstić information content (AvgIpc) is 3.27. The summed E-state index contributed by atoms with van der Waals surface area (Å²) in [6, 6.07) is 27.6. The zero-order valence-corrected chi connectivity index (χ0v) is 37.4. The zero-order valence-electron chi connectivity index (χ0n) is 36.5. The summed E-state index contributed by atoms with van der Waals surface area (Å²) in [5.74, 6) is 0.814. The molecule has 3 atom stereocenters. The molecule has 1 aliphatic carbocycles. The highest BCUT2D eigenvalue weighted by Gasteiger charge is 2.49. The first-order valence-electron chi connectivity index (χ1n) is 21.2. The Balaban J connectivity index is 1.55. The summed E-state index contributed by atoms with van der Waals surface area (Å²) in [7, 11) is 1.63. The van der Waals surface area contributed by atoms with E-state index in [1.165, 1.54) is 4.57 Å². The summed E-state index contributed by atoms with van der Waals surface area (Å²) in [5.41, 5.74) is -0.605. The van der Waals surface area contributed by atoms with Gasteiger partial charge in [-0.2, -0.15) is 5.26 Å². The van der Waals surface area contributed by atoms with Crippen LogP contribution in [0.25, 0.3) is 0 Å². The number of nitrogens with one attached hydrogen (secondary N) is 1. The molecule has 14 heteroatoms. The smallest absolute Gasteiger partial charge is 0.330 e. The molecule has 2 aliphatic rings. The quantitative estimate of drug-likeness (QED) is 0.0610. The van der Waals surface area contributed by atoms with Gasteiger partial charge in [0.05, 0.1) is 33.6 Å². The van der Waals surface area contributed by atoms with Gasteiger partial charge in [0.25, 0.3) is 5.56 Å². The van der Waals surface area contributed by atoms with Crippen LogP contribution in [0.15, 0.2) is 94.6 Å². The summed E-state index contributed by atoms with van der Waals surface area (Å²) < 4.78 is 36.6. The van der Waals surface area contributed by atoms with Gasteiger partial charge in [-0.15, -0.1) is 0 Å². The number of Topliss-reactive ketones (excluding diaryl/α,β-unsaturated/α-hetero) is 1. The molecule has 6 rings (SSSR count). The molecule has 2 heterocycles. The van der Waals surface area contributed by atoms with Crippen LogP contribution in [0.1, 0.15) is 88.3 Å². The summed E-state index contributed by atoms with van der Waals surface area (Å²) in [4.78, 5) is 44.1. The maximum atomic E-state index is 13.7. The van der Waals surface area contributed by atoms with Crippen molar-refractivity contribution in [3.8, 4) is 17.6 Å². The van der Waals surface area contributed by atoms with E-state index in [1.807, 2.05) is 84.9 Å². The van der Waals surface area contributed by atoms with Gasteiger partial charge < -0.3 is 23.5 Å². The van der Waals surface area contributed by atoms with Gasteiger partial charge in [-0.3, -0.25) is 28.7 Å². The number of methoxy groups -OCH3 is 2. The van der Waals surface area contributed by atoms with E-state index in [0.29, 0.717) is 30.2 Å². The molecule has 1 aliphatic heterocycles. The molecule has 4 aromatic rings. The summed E-state index contributed by atoms with van der Waals surface area (Å²) in [5, 5.41) is 9.69. The molecule has 1 aromatic heterocycles. The predicted octanol–water partition coefficient (Wildman–Crippen LogP) is 7.31. The topological polar surface area (TPSA) is 148 Å². The Morgan fingerprint density at radius 2 is 1.48 bits per heavy atom. The SMILES string of the molecule is COc1ccc(C(OC[C@@]2(COP(CC(=O)C#N)N(C(C)C)C(C)C)CN(C3CCCCC3)C[C@H](n3cc(C)c(=O)[nH]c3=O)O2)(c2ccccc2)c2ccc(OC)cc2)cc1. The maximum absolute atomic E-state index is 13.7. The van der Waals surface area contributed by atoms with Crippen LogP contribution < -0.4 is 20.7 Å². The number of carbonyl (C=O) groups excluding carboxylic acids is 1. The first-order valence-corrected chi connectivity index (χ1v) is 22.6. The fourth-order valence-corrected chi connectivity index (χ4v) is 11.0. The molecule has 1 saturated carbocycles. The van der Waals surface area contributed by atoms with Crippen molar-refractivity contribution in [3.05, 3.63) is 128 Å². The molecule has 2 fully saturated rings. The Labute approximate surface area is 360 Å². The second kappa shape index (κ2) is 20.5. The van der Waals surface area contributed by atoms with Crippen molar-refractivity contribution in [2.75, 3.05) is 46.7 Å². The number of morpholine rings is 1. The second-order valence-electron chi connectivity index (χ2n) is 16.6. The summed E-state index contributed by atoms with van der Waals surface area (Å²) in [6.45, 7) is 10.6. The highest BCUT2D eigenvalue weighted by Crippen LogP contribution is 2.48. The number of aromatic nitrogens is 2. The number of hydrogen-bond acceptors (Lipinski definition) is 11. The molecule has 1 unspecified atom stereocenters. The first-order chi connectivity index (χ1) is 29.3. The third-order valence-corrected chi connectivity index (χ3v) is 14.2. The number of hydrogen-bond donors (Lipinski definition) is 1. The van der Waals surface area contributed by atoms with Crippen LogP contribution in [0.3, 0.4) is 0 Å². The number of carbonyl (C=O) groups is 1. The molecular weight excluding hydrogens is 794 g/mol. The van der Waals surface area contributed by atoms with E-state index in [9.17, 15) is 19.6 Å². The lowest BCUT2D eigenvalue weighted by molar-refractivity contribution is -0.233. The predicted molar refractivity (Wildman–Crippen MR) is 236 cm³/mol. The third-order valence-electron chi connectivity index (χ3n) is 11.7. The molecule has 3 aromatic carbocycles. The number of benzene rings is 3. The second-order valence-corrected chi connectivity index (χ2v) is 18.4. The van der Waals surface area contributed by atoms with Crippen LogP contribution >= 0.6 is 8.30 Å². The number of H-pyrrole nitrogens is 1. The van der Waals surface area contributed by atoms with E-state index in [-0.39, 0.29) is 37.5 Å². The van der Waals surface area contributed by atoms with E-state index in [2.05, 4.69) is 42.2 Å². The van der Waals surface area contributed by atoms with Gasteiger partial charge in [-0.1, -0.05) is 73.9 Å². The number of rotatable bonds is 18. The first kappa shape index (κ1) is 45.8. The molecule has 1 saturated heterocycles. The van der Waals surface area contributed by atoms with Crippen LogP contribution in [0, 0.1) is 18.3 Å². The van der Waals surface area contributed by atoms with Crippen LogP contribution in [0.2, 0.25) is 0 Å². The Morgan fingerprint density at radius 3 is 2.02 bits per heavy atom. The van der Waals surface area contributed by atoms with Crippen LogP contribution in [-0.2, 0) is 24.4 Å². The molecule has 326 valence electrons. The average molecular weight is 854 g/mol. The number of aryl methyl sites for hydroxylation is 1. The fraction of sp³-hybridized carbons (Fsp3) is 0.489. The van der Waals surface area contributed by atoms with Gasteiger partial charge in [0, 0.05) is 43.0 Å². The van der Waals surface area contributed by atoms with Crippen molar-refractivity contribution in [3.63, 3.8) is 0 Å². The van der Waals surface area contributed by atoms with Crippen molar-refractivity contribution in [2.24, 2.45) is 0 Å². The van der Waals surface area contributed by atoms with Crippen molar-refractivity contribution in [1.82, 2.24) is 19.1 Å². The van der Waals surface area contributed by atoms with Gasteiger partial charge in [0.2, 0.25) is 5.78 Å². The standard InChI is InChI=1S/C47H60N5O8P/c1-33(2)52(34(3)4)61(29-40(53)26-48)59-32-46(30-50(39-16-12-9-13-17-39)28-43(60-46)51-27-35(5)44(54)49-45(51)55)31-58-47(36-14-10-8-11-15-36,37-18-22-41(56-6)23-19-37)38-20-24-42(57-7)25-21-38/h8,10-11,14-15,18-25,27,33-34,39,43H,9,12-13,16-17,28-32H2,1-7H3,(H,49,54,55)/t43-,46-,61?/m1/s1. The molecule has 61 heavy (non-hydrogen) atoms. The molecule has 13 nitrogen and oxygen atoms in total. The minimum atomic E-state index is -1.64. The van der Waals surface area contributed by atoms with Crippen LogP contribution in [-0.4, -0.2) is 95.3 Å². The third kappa shape index (κ3) is 10.5. The molecule has 0 amide bonds. The fourth-order valence-electron chi connectivity index (χ4n) is 8.84. The minimum absolute atomic E-state index is 0.00198. The van der Waals surface area contributed by atoms with E-state index in [1.54, 1.807) is 27.3 Å². The number of nitrogens with zero attached hydrogens (tertiary/aromatic N) is 4. The van der Waals surface area contributed by atoms with Crippen molar-refractivity contribution in [1.29, 1.82) is 5.26 Å². The number of nitriles is 1. The largest absolute Gasteiger partial charge is 0.497 e. The number of ketones is 1. The van der Waals surface area contributed by atoms with Crippen molar-refractivity contribution >= 4 is 14.1 Å². The Morgan fingerprint density at radius 1 is 0.902 bits per heavy atom. The lowest BCUT2D eigenvalue weighted by atomic mass is 9.79. The lowest BCUT2D eigenvalue weighted by Crippen LogP contribution is -2.62. The highest BCUT2D eigenvalue weighted by atomic mass is 31.2. The van der Waals surface area contributed by atoms with Gasteiger partial charge in [0.15, 0.2) is 6.23 Å². The normalized spacial score (nSPS) is 19.5. The molecule has 0 radical (unpaired) electrons.